The third-order valence-corrected chi connectivity index (χ3v) is 3.40. The summed E-state index contributed by atoms with van der Waals surface area (Å²) in [4.78, 5) is 13.2. The van der Waals surface area contributed by atoms with Crippen LogP contribution in [0.1, 0.15) is 32.8 Å². The summed E-state index contributed by atoms with van der Waals surface area (Å²) in [6, 6.07) is 0. The highest BCUT2D eigenvalue weighted by Gasteiger charge is 2.17. The fourth-order valence-corrected chi connectivity index (χ4v) is 2.39. The fraction of sp³-hybridized carbons (Fsp3) is 0.733. The molecule has 0 unspecified atom stereocenters. The minimum absolute atomic E-state index is 0.584. The highest BCUT2D eigenvalue weighted by molar-refractivity contribution is 6.30. The maximum absolute atomic E-state index is 6.26. The molecular weight excluding hydrogens is 272 g/mol. The van der Waals surface area contributed by atoms with Crippen molar-refractivity contribution in [3.05, 3.63) is 17.0 Å². The van der Waals surface area contributed by atoms with Crippen LogP contribution in [0.5, 0.6) is 0 Å². The Bertz CT molecular complexity index is 407. The Morgan fingerprint density at radius 1 is 1.20 bits per heavy atom. The first-order valence-electron chi connectivity index (χ1n) is 7.34. The average molecular weight is 299 g/mol. The quantitative estimate of drug-likeness (QED) is 0.690. The first-order valence-corrected chi connectivity index (χ1v) is 7.72. The largest absolute Gasteiger partial charge is 0.355 e. The van der Waals surface area contributed by atoms with Crippen molar-refractivity contribution >= 4 is 17.4 Å². The van der Waals surface area contributed by atoms with Gasteiger partial charge in [0.2, 0.25) is 0 Å². The fourth-order valence-electron chi connectivity index (χ4n) is 2.16. The normalized spacial score (nSPS) is 11.4. The molecule has 0 radical (unpaired) electrons. The molecule has 0 saturated heterocycles. The van der Waals surface area contributed by atoms with Gasteiger partial charge in [-0.05, 0) is 26.4 Å². The van der Waals surface area contributed by atoms with E-state index in [1.807, 2.05) is 0 Å². The molecule has 5 heteroatoms. The molecule has 20 heavy (non-hydrogen) atoms. The molecule has 0 fully saturated rings. The second-order valence-corrected chi connectivity index (χ2v) is 6.22. The van der Waals surface area contributed by atoms with E-state index >= 15 is 0 Å². The smallest absolute Gasteiger partial charge is 0.137 e. The molecule has 0 aliphatic rings. The first kappa shape index (κ1) is 17.2. The van der Waals surface area contributed by atoms with E-state index in [-0.39, 0.29) is 0 Å². The Hall–Kier alpha value is -0.870. The molecule has 1 heterocycles. The van der Waals surface area contributed by atoms with Crippen molar-refractivity contribution in [3.63, 3.8) is 0 Å². The van der Waals surface area contributed by atoms with Crippen molar-refractivity contribution in [2.75, 3.05) is 38.6 Å². The molecule has 1 rings (SSSR count). The van der Waals surface area contributed by atoms with E-state index in [1.165, 1.54) is 0 Å². The van der Waals surface area contributed by atoms with Crippen molar-refractivity contribution in [1.82, 2.24) is 14.9 Å². The van der Waals surface area contributed by atoms with E-state index in [4.69, 9.17) is 11.6 Å². The molecule has 0 bridgehead atoms. The van der Waals surface area contributed by atoms with Gasteiger partial charge in [0, 0.05) is 25.2 Å². The third kappa shape index (κ3) is 5.25. The van der Waals surface area contributed by atoms with E-state index in [2.05, 4.69) is 54.6 Å². The van der Waals surface area contributed by atoms with Gasteiger partial charge >= 0.3 is 0 Å². The van der Waals surface area contributed by atoms with Gasteiger partial charge < -0.3 is 9.80 Å². The van der Waals surface area contributed by atoms with Crippen LogP contribution in [0.3, 0.4) is 0 Å². The van der Waals surface area contributed by atoms with Crippen molar-refractivity contribution in [1.29, 1.82) is 0 Å². The Morgan fingerprint density at radius 2 is 1.90 bits per heavy atom. The number of likely N-dealkylation sites (N-methyl/N-ethyl adjacent to an activating group) is 1. The predicted molar refractivity (Wildman–Crippen MR) is 86.6 cm³/mol. The number of hydrogen-bond donors (Lipinski definition) is 0. The molecule has 0 aliphatic heterocycles. The van der Waals surface area contributed by atoms with Crippen molar-refractivity contribution in [3.8, 4) is 0 Å². The van der Waals surface area contributed by atoms with Crippen molar-refractivity contribution < 1.29 is 0 Å². The van der Waals surface area contributed by atoms with Crippen LogP contribution in [0.15, 0.2) is 6.33 Å². The van der Waals surface area contributed by atoms with Crippen LogP contribution in [0.25, 0.3) is 0 Å². The number of nitrogens with zero attached hydrogens (tertiary/aromatic N) is 4. The van der Waals surface area contributed by atoms with Crippen molar-refractivity contribution in [2.24, 2.45) is 5.92 Å². The monoisotopic (exact) mass is 298 g/mol. The zero-order valence-electron chi connectivity index (χ0n) is 13.4. The van der Waals surface area contributed by atoms with Crippen LogP contribution in [0.4, 0.5) is 5.82 Å². The Kier molecular flexibility index (Phi) is 7.24. The molecule has 0 atom stereocenters. The minimum Gasteiger partial charge on any atom is -0.355 e. The molecule has 0 aromatic carbocycles. The summed E-state index contributed by atoms with van der Waals surface area (Å²) < 4.78 is 0. The van der Waals surface area contributed by atoms with E-state index in [1.54, 1.807) is 6.33 Å². The maximum atomic E-state index is 6.26. The number of halogens is 1. The van der Waals surface area contributed by atoms with Gasteiger partial charge in [-0.2, -0.15) is 0 Å². The van der Waals surface area contributed by atoms with Crippen LogP contribution >= 0.6 is 11.6 Å². The SMILES string of the molecule is CCCc1c(Cl)ncnc1N(CCN(C)C)CC(C)C. The second kappa shape index (κ2) is 8.42. The zero-order chi connectivity index (χ0) is 15.1. The van der Waals surface area contributed by atoms with Crippen LogP contribution in [-0.2, 0) is 6.42 Å². The van der Waals surface area contributed by atoms with Crippen molar-refractivity contribution in [2.45, 2.75) is 33.6 Å². The summed E-state index contributed by atoms with van der Waals surface area (Å²) in [5.74, 6) is 1.59. The molecule has 0 amide bonds. The number of hydrogen-bond acceptors (Lipinski definition) is 4. The minimum atomic E-state index is 0.584. The van der Waals surface area contributed by atoms with E-state index in [9.17, 15) is 0 Å². The van der Waals surface area contributed by atoms with Gasteiger partial charge in [-0.1, -0.05) is 38.8 Å². The van der Waals surface area contributed by atoms with Gasteiger partial charge in [-0.25, -0.2) is 9.97 Å². The molecule has 0 spiro atoms. The summed E-state index contributed by atoms with van der Waals surface area (Å²) in [5.41, 5.74) is 1.08. The summed E-state index contributed by atoms with van der Waals surface area (Å²) in [6.45, 7) is 9.54. The molecule has 0 N–H and O–H groups in total. The van der Waals surface area contributed by atoms with Gasteiger partial charge in [0.25, 0.3) is 0 Å². The second-order valence-electron chi connectivity index (χ2n) is 5.86. The van der Waals surface area contributed by atoms with Gasteiger partial charge in [0.15, 0.2) is 0 Å². The Balaban J connectivity index is 3.02. The van der Waals surface area contributed by atoms with Crippen LogP contribution in [0.2, 0.25) is 5.15 Å². The van der Waals surface area contributed by atoms with Crippen LogP contribution < -0.4 is 4.90 Å². The average Bonchev–Trinajstić information content (AvgIpc) is 2.36. The molecule has 0 saturated carbocycles. The molecular formula is C15H27ClN4. The predicted octanol–water partition coefficient (Wildman–Crippen LogP) is 3.11. The summed E-state index contributed by atoms with van der Waals surface area (Å²) in [5, 5.41) is 0.593. The summed E-state index contributed by atoms with van der Waals surface area (Å²) >= 11 is 6.26. The van der Waals surface area contributed by atoms with E-state index in [0.717, 1.165) is 43.9 Å². The lowest BCUT2D eigenvalue weighted by Gasteiger charge is -2.29. The first-order chi connectivity index (χ1) is 9.45. The number of rotatable bonds is 8. The standard InChI is InChI=1S/C15H27ClN4/c1-6-7-13-14(16)17-11-18-15(13)20(10-12(2)3)9-8-19(4)5/h11-12H,6-10H2,1-5H3. The highest BCUT2D eigenvalue weighted by Crippen LogP contribution is 2.25. The maximum Gasteiger partial charge on any atom is 0.137 e. The zero-order valence-corrected chi connectivity index (χ0v) is 14.1. The van der Waals surface area contributed by atoms with Gasteiger partial charge in [-0.15, -0.1) is 0 Å². The lowest BCUT2D eigenvalue weighted by molar-refractivity contribution is 0.408. The number of aromatic nitrogens is 2. The number of anilines is 1. The summed E-state index contributed by atoms with van der Waals surface area (Å²) in [6.07, 6.45) is 3.54. The molecule has 114 valence electrons. The van der Waals surface area contributed by atoms with Crippen LogP contribution in [0, 0.1) is 5.92 Å². The molecule has 0 aliphatic carbocycles. The van der Waals surface area contributed by atoms with E-state index < -0.39 is 0 Å². The molecule has 1 aromatic rings. The lowest BCUT2D eigenvalue weighted by Crippen LogP contribution is -2.35. The summed E-state index contributed by atoms with van der Waals surface area (Å²) in [7, 11) is 4.18. The van der Waals surface area contributed by atoms with Gasteiger partial charge in [0.05, 0.1) is 0 Å². The third-order valence-electron chi connectivity index (χ3n) is 3.07. The van der Waals surface area contributed by atoms with Crippen LogP contribution in [-0.4, -0.2) is 48.6 Å². The van der Waals surface area contributed by atoms with Gasteiger partial charge in [-0.3, -0.25) is 0 Å². The topological polar surface area (TPSA) is 32.3 Å². The van der Waals surface area contributed by atoms with Gasteiger partial charge in [0.1, 0.15) is 17.3 Å². The molecule has 1 aromatic heterocycles. The molecule has 4 nitrogen and oxygen atoms in total. The van der Waals surface area contributed by atoms with E-state index in [0.29, 0.717) is 11.1 Å². The lowest BCUT2D eigenvalue weighted by atomic mass is 10.1. The Labute approximate surface area is 128 Å². The highest BCUT2D eigenvalue weighted by atomic mass is 35.5. The Morgan fingerprint density at radius 3 is 2.45 bits per heavy atom.